The Labute approximate surface area is 153 Å². The molecule has 0 aliphatic carbocycles. The summed E-state index contributed by atoms with van der Waals surface area (Å²) >= 11 is 1.50. The molecule has 4 nitrogen and oxygen atoms in total. The molecule has 0 spiro atoms. The number of carbonyl (C=O) groups excluding carboxylic acids is 1. The first kappa shape index (κ1) is 19.3. The molecule has 0 bridgehead atoms. The molecular formula is C20H25NO3S. The molecule has 0 aliphatic heterocycles. The van der Waals surface area contributed by atoms with Gasteiger partial charge in [0.05, 0.1) is 25.1 Å². The number of hydrogen-bond donors (Lipinski definition) is 1. The molecule has 1 N–H and O–H groups in total. The van der Waals surface area contributed by atoms with E-state index in [0.717, 1.165) is 21.9 Å². The topological polar surface area (TPSA) is 47.6 Å². The van der Waals surface area contributed by atoms with Gasteiger partial charge in [-0.15, -0.1) is 11.8 Å². The van der Waals surface area contributed by atoms with Gasteiger partial charge in [0.2, 0.25) is 5.91 Å². The Morgan fingerprint density at radius 2 is 1.92 bits per heavy atom. The minimum atomic E-state index is -0.0270. The fourth-order valence-electron chi connectivity index (χ4n) is 2.15. The monoisotopic (exact) mass is 359 g/mol. The number of nitrogens with one attached hydrogen (secondary N) is 1. The highest BCUT2D eigenvalue weighted by Gasteiger charge is 2.05. The Hall–Kier alpha value is -1.98. The summed E-state index contributed by atoms with van der Waals surface area (Å²) in [6, 6.07) is 15.5. The fourth-order valence-corrected chi connectivity index (χ4v) is 2.84. The van der Waals surface area contributed by atoms with Crippen molar-refractivity contribution in [1.82, 2.24) is 0 Å². The smallest absolute Gasteiger partial charge is 0.234 e. The van der Waals surface area contributed by atoms with E-state index in [2.05, 4.69) is 5.32 Å². The summed E-state index contributed by atoms with van der Waals surface area (Å²) < 4.78 is 11.0. The molecule has 2 rings (SSSR count). The number of rotatable bonds is 9. The molecule has 0 atom stereocenters. The van der Waals surface area contributed by atoms with Crippen LogP contribution in [0.1, 0.15) is 26.3 Å². The van der Waals surface area contributed by atoms with Gasteiger partial charge in [0.15, 0.2) is 0 Å². The zero-order valence-corrected chi connectivity index (χ0v) is 15.8. The standard InChI is InChI=1S/C20H25NO3S/c1-4-23-18-8-10-19(11-9-18)25-14-20(22)21-17-7-5-6-16(12-17)13-24-15(2)3/h5-12,15H,4,13-14H2,1-3H3,(H,21,22). The molecule has 5 heteroatoms. The zero-order chi connectivity index (χ0) is 18.1. The van der Waals surface area contributed by atoms with Gasteiger partial charge < -0.3 is 14.8 Å². The summed E-state index contributed by atoms with van der Waals surface area (Å²) in [6.45, 7) is 7.16. The van der Waals surface area contributed by atoms with E-state index in [1.165, 1.54) is 11.8 Å². The van der Waals surface area contributed by atoms with Crippen LogP contribution in [0.3, 0.4) is 0 Å². The summed E-state index contributed by atoms with van der Waals surface area (Å²) in [4.78, 5) is 13.2. The Kier molecular flexibility index (Phi) is 7.82. The predicted octanol–water partition coefficient (Wildman–Crippen LogP) is 4.74. The number of ether oxygens (including phenoxy) is 2. The SMILES string of the molecule is CCOc1ccc(SCC(=O)Nc2cccc(COC(C)C)c2)cc1. The van der Waals surface area contributed by atoms with Gasteiger partial charge in [-0.3, -0.25) is 4.79 Å². The number of anilines is 1. The van der Waals surface area contributed by atoms with Crippen molar-refractivity contribution in [2.45, 2.75) is 38.4 Å². The van der Waals surface area contributed by atoms with Crippen LogP contribution < -0.4 is 10.1 Å². The summed E-state index contributed by atoms with van der Waals surface area (Å²) in [5.41, 5.74) is 1.84. The van der Waals surface area contributed by atoms with Crippen molar-refractivity contribution in [3.8, 4) is 5.75 Å². The third-order valence-electron chi connectivity index (χ3n) is 3.30. The highest BCUT2D eigenvalue weighted by Crippen LogP contribution is 2.22. The third-order valence-corrected chi connectivity index (χ3v) is 4.31. The molecular weight excluding hydrogens is 334 g/mol. The molecule has 134 valence electrons. The predicted molar refractivity (Wildman–Crippen MR) is 103 cm³/mol. The first-order chi connectivity index (χ1) is 12.1. The average Bonchev–Trinajstić information content (AvgIpc) is 2.60. The summed E-state index contributed by atoms with van der Waals surface area (Å²) in [7, 11) is 0. The summed E-state index contributed by atoms with van der Waals surface area (Å²) in [5.74, 6) is 1.18. The molecule has 25 heavy (non-hydrogen) atoms. The quantitative estimate of drug-likeness (QED) is 0.657. The van der Waals surface area contributed by atoms with Crippen molar-refractivity contribution in [2.24, 2.45) is 0 Å². The van der Waals surface area contributed by atoms with E-state index >= 15 is 0 Å². The fraction of sp³-hybridized carbons (Fsp3) is 0.350. The molecule has 0 heterocycles. The van der Waals surface area contributed by atoms with Crippen molar-refractivity contribution in [2.75, 3.05) is 17.7 Å². The van der Waals surface area contributed by atoms with E-state index < -0.39 is 0 Å². The lowest BCUT2D eigenvalue weighted by molar-refractivity contribution is -0.113. The van der Waals surface area contributed by atoms with Crippen LogP contribution in [0, 0.1) is 0 Å². The van der Waals surface area contributed by atoms with Gasteiger partial charge in [-0.1, -0.05) is 12.1 Å². The molecule has 0 fully saturated rings. The second-order valence-corrected chi connectivity index (χ2v) is 6.85. The maximum absolute atomic E-state index is 12.1. The number of benzene rings is 2. The van der Waals surface area contributed by atoms with E-state index in [4.69, 9.17) is 9.47 Å². The number of thioether (sulfide) groups is 1. The van der Waals surface area contributed by atoms with Crippen molar-refractivity contribution in [3.05, 3.63) is 54.1 Å². The molecule has 2 aromatic carbocycles. The minimum Gasteiger partial charge on any atom is -0.494 e. The van der Waals surface area contributed by atoms with Crippen LogP contribution in [-0.2, 0) is 16.1 Å². The van der Waals surface area contributed by atoms with Crippen LogP contribution in [0.15, 0.2) is 53.4 Å². The van der Waals surface area contributed by atoms with Crippen LogP contribution in [0.25, 0.3) is 0 Å². The van der Waals surface area contributed by atoms with Gasteiger partial charge in [-0.25, -0.2) is 0 Å². The van der Waals surface area contributed by atoms with E-state index in [9.17, 15) is 4.79 Å². The maximum atomic E-state index is 12.1. The molecule has 0 saturated carbocycles. The van der Waals surface area contributed by atoms with Crippen molar-refractivity contribution in [1.29, 1.82) is 0 Å². The van der Waals surface area contributed by atoms with Crippen LogP contribution in [-0.4, -0.2) is 24.4 Å². The van der Waals surface area contributed by atoms with E-state index in [0.29, 0.717) is 19.0 Å². The summed E-state index contributed by atoms with van der Waals surface area (Å²) in [6.07, 6.45) is 0.184. The first-order valence-electron chi connectivity index (χ1n) is 8.43. The van der Waals surface area contributed by atoms with E-state index in [1.807, 2.05) is 69.3 Å². The number of carbonyl (C=O) groups is 1. The van der Waals surface area contributed by atoms with Gasteiger partial charge in [0.25, 0.3) is 0 Å². The van der Waals surface area contributed by atoms with Gasteiger partial charge in [0, 0.05) is 10.6 Å². The second-order valence-electron chi connectivity index (χ2n) is 5.80. The van der Waals surface area contributed by atoms with Gasteiger partial charge in [-0.05, 0) is 62.7 Å². The second kappa shape index (κ2) is 10.1. The first-order valence-corrected chi connectivity index (χ1v) is 9.41. The molecule has 0 aromatic heterocycles. The Morgan fingerprint density at radius 3 is 2.60 bits per heavy atom. The van der Waals surface area contributed by atoms with Gasteiger partial charge in [0.1, 0.15) is 5.75 Å². The Morgan fingerprint density at radius 1 is 1.16 bits per heavy atom. The lowest BCUT2D eigenvalue weighted by atomic mass is 10.2. The van der Waals surface area contributed by atoms with E-state index in [1.54, 1.807) is 0 Å². The molecule has 1 amide bonds. The normalized spacial score (nSPS) is 10.7. The van der Waals surface area contributed by atoms with Crippen LogP contribution in [0.2, 0.25) is 0 Å². The number of amides is 1. The lowest BCUT2D eigenvalue weighted by Gasteiger charge is -2.10. The highest BCUT2D eigenvalue weighted by atomic mass is 32.2. The van der Waals surface area contributed by atoms with Crippen molar-refractivity contribution >= 4 is 23.4 Å². The van der Waals surface area contributed by atoms with Crippen LogP contribution >= 0.6 is 11.8 Å². The van der Waals surface area contributed by atoms with Crippen molar-refractivity contribution < 1.29 is 14.3 Å². The van der Waals surface area contributed by atoms with Gasteiger partial charge >= 0.3 is 0 Å². The highest BCUT2D eigenvalue weighted by molar-refractivity contribution is 8.00. The molecule has 2 aromatic rings. The van der Waals surface area contributed by atoms with Crippen LogP contribution in [0.4, 0.5) is 5.69 Å². The molecule has 0 aliphatic rings. The maximum Gasteiger partial charge on any atom is 0.234 e. The number of hydrogen-bond acceptors (Lipinski definition) is 4. The van der Waals surface area contributed by atoms with E-state index in [-0.39, 0.29) is 12.0 Å². The minimum absolute atomic E-state index is 0.0270. The van der Waals surface area contributed by atoms with Crippen molar-refractivity contribution in [3.63, 3.8) is 0 Å². The Bertz CT molecular complexity index is 671. The largest absolute Gasteiger partial charge is 0.494 e. The lowest BCUT2D eigenvalue weighted by Crippen LogP contribution is -2.14. The molecule has 0 radical (unpaired) electrons. The van der Waals surface area contributed by atoms with Crippen LogP contribution in [0.5, 0.6) is 5.75 Å². The molecule has 0 unspecified atom stereocenters. The van der Waals surface area contributed by atoms with Gasteiger partial charge in [-0.2, -0.15) is 0 Å². The Balaban J connectivity index is 1.82. The summed E-state index contributed by atoms with van der Waals surface area (Å²) in [5, 5.41) is 2.93. The third kappa shape index (κ3) is 7.20. The average molecular weight is 359 g/mol. The molecule has 0 saturated heterocycles. The zero-order valence-electron chi connectivity index (χ0n) is 15.0.